The third kappa shape index (κ3) is 2.86. The van der Waals surface area contributed by atoms with Crippen LogP contribution >= 0.6 is 23.2 Å². The number of hydrogen-bond donors (Lipinski definition) is 1. The molecule has 1 unspecified atom stereocenters. The van der Waals surface area contributed by atoms with Crippen LogP contribution in [0.3, 0.4) is 0 Å². The lowest BCUT2D eigenvalue weighted by Crippen LogP contribution is -2.51. The van der Waals surface area contributed by atoms with Gasteiger partial charge in [-0.3, -0.25) is 0 Å². The van der Waals surface area contributed by atoms with Crippen LogP contribution in [0.1, 0.15) is 26.2 Å². The van der Waals surface area contributed by atoms with Crippen LogP contribution in [0.15, 0.2) is 18.2 Å². The molecule has 0 bridgehead atoms. The highest BCUT2D eigenvalue weighted by Gasteiger charge is 2.43. The van der Waals surface area contributed by atoms with E-state index in [-0.39, 0.29) is 5.54 Å². The molecule has 104 valence electrons. The van der Waals surface area contributed by atoms with Crippen molar-refractivity contribution in [3.8, 4) is 0 Å². The van der Waals surface area contributed by atoms with Crippen LogP contribution in [0.2, 0.25) is 10.0 Å². The first-order valence-electron chi connectivity index (χ1n) is 7.03. The zero-order chi connectivity index (χ0) is 13.5. The molecule has 1 saturated carbocycles. The quantitative estimate of drug-likeness (QED) is 0.889. The first-order chi connectivity index (χ1) is 9.08. The highest BCUT2D eigenvalue weighted by molar-refractivity contribution is 6.36. The minimum atomic E-state index is 0.222. The highest BCUT2D eigenvalue weighted by atomic mass is 35.5. The van der Waals surface area contributed by atoms with Crippen molar-refractivity contribution in [2.24, 2.45) is 5.92 Å². The van der Waals surface area contributed by atoms with E-state index in [1.54, 1.807) is 0 Å². The van der Waals surface area contributed by atoms with Gasteiger partial charge in [0.15, 0.2) is 0 Å². The number of nitrogens with one attached hydrogen (secondary N) is 1. The van der Waals surface area contributed by atoms with Crippen LogP contribution in [0.4, 0.5) is 5.69 Å². The molecule has 2 aliphatic rings. The maximum Gasteiger partial charge on any atom is 0.0654 e. The van der Waals surface area contributed by atoms with Gasteiger partial charge in [-0.1, -0.05) is 23.2 Å². The summed E-state index contributed by atoms with van der Waals surface area (Å²) in [5, 5.41) is 5.20. The van der Waals surface area contributed by atoms with Gasteiger partial charge in [0.25, 0.3) is 0 Å². The van der Waals surface area contributed by atoms with Gasteiger partial charge in [-0.05, 0) is 56.8 Å². The summed E-state index contributed by atoms with van der Waals surface area (Å²) in [7, 11) is 0. The molecule has 0 amide bonds. The summed E-state index contributed by atoms with van der Waals surface area (Å²) in [5.74, 6) is 0.819. The van der Waals surface area contributed by atoms with E-state index >= 15 is 0 Å². The lowest BCUT2D eigenvalue weighted by molar-refractivity contribution is 0.331. The van der Waals surface area contributed by atoms with E-state index in [4.69, 9.17) is 23.2 Å². The van der Waals surface area contributed by atoms with Crippen LogP contribution in [-0.4, -0.2) is 25.2 Å². The fourth-order valence-corrected chi connectivity index (χ4v) is 3.64. The molecule has 1 aromatic rings. The summed E-state index contributed by atoms with van der Waals surface area (Å²) in [4.78, 5) is 2.41. The first-order valence-corrected chi connectivity index (χ1v) is 7.79. The second kappa shape index (κ2) is 5.16. The monoisotopic (exact) mass is 298 g/mol. The Morgan fingerprint density at radius 2 is 2.11 bits per heavy atom. The lowest BCUT2D eigenvalue weighted by atomic mass is 9.95. The molecule has 1 N–H and O–H groups in total. The number of halogens is 2. The van der Waals surface area contributed by atoms with Gasteiger partial charge in [0, 0.05) is 23.7 Å². The number of rotatable bonds is 2. The van der Waals surface area contributed by atoms with Crippen LogP contribution in [0, 0.1) is 5.92 Å². The van der Waals surface area contributed by atoms with Gasteiger partial charge in [-0.2, -0.15) is 0 Å². The second-order valence-corrected chi connectivity index (χ2v) is 6.83. The molecule has 3 rings (SSSR count). The molecule has 1 aliphatic carbocycles. The van der Waals surface area contributed by atoms with Crippen LogP contribution in [-0.2, 0) is 0 Å². The Balaban J connectivity index is 1.86. The molecule has 1 heterocycles. The molecule has 2 fully saturated rings. The van der Waals surface area contributed by atoms with E-state index in [0.29, 0.717) is 5.02 Å². The Bertz CT molecular complexity index is 473. The standard InChI is InChI=1S/C15H20Cl2N2/c1-15(11-3-4-11)10-19(8-2-7-18-15)14-6-5-12(16)9-13(14)17/h5-6,9,11,18H,2-4,7-8,10H2,1H3. The van der Waals surface area contributed by atoms with E-state index in [0.717, 1.165) is 42.7 Å². The summed E-state index contributed by atoms with van der Waals surface area (Å²) in [5.41, 5.74) is 1.33. The van der Waals surface area contributed by atoms with Crippen LogP contribution in [0.5, 0.6) is 0 Å². The van der Waals surface area contributed by atoms with E-state index < -0.39 is 0 Å². The Labute approximate surface area is 125 Å². The maximum atomic E-state index is 6.36. The van der Waals surface area contributed by atoms with Crippen molar-refractivity contribution in [2.75, 3.05) is 24.5 Å². The van der Waals surface area contributed by atoms with Gasteiger partial charge < -0.3 is 10.2 Å². The van der Waals surface area contributed by atoms with Crippen molar-refractivity contribution in [1.82, 2.24) is 5.32 Å². The Morgan fingerprint density at radius 3 is 2.79 bits per heavy atom. The SMILES string of the molecule is CC1(C2CC2)CN(c2ccc(Cl)cc2Cl)CCCN1. The predicted molar refractivity (Wildman–Crippen MR) is 82.4 cm³/mol. The Kier molecular flexibility index (Phi) is 3.67. The van der Waals surface area contributed by atoms with Crippen LogP contribution in [0.25, 0.3) is 0 Å². The van der Waals surface area contributed by atoms with Crippen molar-refractivity contribution >= 4 is 28.9 Å². The minimum absolute atomic E-state index is 0.222. The van der Waals surface area contributed by atoms with E-state index in [1.807, 2.05) is 18.2 Å². The fourth-order valence-electron chi connectivity index (χ4n) is 3.11. The maximum absolute atomic E-state index is 6.36. The Morgan fingerprint density at radius 1 is 1.32 bits per heavy atom. The summed E-state index contributed by atoms with van der Waals surface area (Å²) in [6.07, 6.45) is 3.86. The summed E-state index contributed by atoms with van der Waals surface area (Å²) in [6.45, 7) is 5.53. The lowest BCUT2D eigenvalue weighted by Gasteiger charge is -2.35. The normalized spacial score (nSPS) is 28.3. The molecule has 2 nitrogen and oxygen atoms in total. The molecular formula is C15H20Cl2N2. The number of benzene rings is 1. The molecule has 1 saturated heterocycles. The fraction of sp³-hybridized carbons (Fsp3) is 0.600. The zero-order valence-corrected chi connectivity index (χ0v) is 12.8. The first kappa shape index (κ1) is 13.5. The van der Waals surface area contributed by atoms with Gasteiger partial charge in [-0.25, -0.2) is 0 Å². The molecule has 0 radical (unpaired) electrons. The van der Waals surface area contributed by atoms with Crippen molar-refractivity contribution in [3.63, 3.8) is 0 Å². The third-order valence-electron chi connectivity index (χ3n) is 4.38. The number of anilines is 1. The van der Waals surface area contributed by atoms with Crippen molar-refractivity contribution in [2.45, 2.75) is 31.7 Å². The summed E-state index contributed by atoms with van der Waals surface area (Å²) in [6, 6.07) is 5.81. The van der Waals surface area contributed by atoms with Crippen molar-refractivity contribution in [3.05, 3.63) is 28.2 Å². The second-order valence-electron chi connectivity index (χ2n) is 5.99. The summed E-state index contributed by atoms with van der Waals surface area (Å²) < 4.78 is 0. The van der Waals surface area contributed by atoms with E-state index in [2.05, 4.69) is 17.1 Å². The predicted octanol–water partition coefficient (Wildman–Crippen LogP) is 3.96. The largest absolute Gasteiger partial charge is 0.368 e. The van der Waals surface area contributed by atoms with Crippen molar-refractivity contribution < 1.29 is 0 Å². The molecule has 0 spiro atoms. The molecule has 1 aliphatic heterocycles. The van der Waals surface area contributed by atoms with Gasteiger partial charge in [0.2, 0.25) is 0 Å². The third-order valence-corrected chi connectivity index (χ3v) is 4.92. The highest BCUT2D eigenvalue weighted by Crippen LogP contribution is 2.41. The van der Waals surface area contributed by atoms with E-state index in [9.17, 15) is 0 Å². The minimum Gasteiger partial charge on any atom is -0.368 e. The molecule has 19 heavy (non-hydrogen) atoms. The van der Waals surface area contributed by atoms with Crippen LogP contribution < -0.4 is 10.2 Å². The molecule has 1 aromatic carbocycles. The average molecular weight is 299 g/mol. The zero-order valence-electron chi connectivity index (χ0n) is 11.3. The van der Waals surface area contributed by atoms with E-state index in [1.165, 1.54) is 12.8 Å². The van der Waals surface area contributed by atoms with Gasteiger partial charge in [-0.15, -0.1) is 0 Å². The summed E-state index contributed by atoms with van der Waals surface area (Å²) >= 11 is 12.3. The molecular weight excluding hydrogens is 279 g/mol. The van der Waals surface area contributed by atoms with Gasteiger partial charge in [0.05, 0.1) is 10.7 Å². The number of nitrogens with zero attached hydrogens (tertiary/aromatic N) is 1. The average Bonchev–Trinajstić information content (AvgIpc) is 3.16. The number of hydrogen-bond acceptors (Lipinski definition) is 2. The molecule has 4 heteroatoms. The van der Waals surface area contributed by atoms with Gasteiger partial charge in [0.1, 0.15) is 0 Å². The van der Waals surface area contributed by atoms with Gasteiger partial charge >= 0.3 is 0 Å². The molecule has 0 aromatic heterocycles. The Hall–Kier alpha value is -0.440. The topological polar surface area (TPSA) is 15.3 Å². The molecule has 1 atom stereocenters. The smallest absolute Gasteiger partial charge is 0.0654 e. The van der Waals surface area contributed by atoms with Crippen molar-refractivity contribution in [1.29, 1.82) is 0 Å².